The molecule has 1 atom stereocenters. The van der Waals surface area contributed by atoms with E-state index in [1.165, 1.54) is 11.8 Å². The zero-order valence-corrected chi connectivity index (χ0v) is 21.6. The lowest BCUT2D eigenvalue weighted by molar-refractivity contribution is -0.199. The highest BCUT2D eigenvalue weighted by Crippen LogP contribution is 2.54. The summed E-state index contributed by atoms with van der Waals surface area (Å²) in [5, 5.41) is 9.27. The van der Waals surface area contributed by atoms with Crippen LogP contribution in [0.5, 0.6) is 5.75 Å². The molecule has 6 nitrogen and oxygen atoms in total. The number of nitrogens with zero attached hydrogens (tertiary/aromatic N) is 2. The van der Waals surface area contributed by atoms with Gasteiger partial charge in [0.1, 0.15) is 28.8 Å². The van der Waals surface area contributed by atoms with Crippen LogP contribution in [0.15, 0.2) is 21.9 Å². The van der Waals surface area contributed by atoms with Crippen molar-refractivity contribution < 1.29 is 36.4 Å². The van der Waals surface area contributed by atoms with Gasteiger partial charge in [0, 0.05) is 63.2 Å². The van der Waals surface area contributed by atoms with E-state index in [2.05, 4.69) is 4.90 Å². The lowest BCUT2D eigenvalue weighted by Gasteiger charge is -2.43. The van der Waals surface area contributed by atoms with Crippen molar-refractivity contribution in [3.63, 3.8) is 0 Å². The Morgan fingerprint density at radius 2 is 1.81 bits per heavy atom. The molecule has 3 fully saturated rings. The number of anilines is 1. The van der Waals surface area contributed by atoms with Gasteiger partial charge < -0.3 is 14.7 Å². The fourth-order valence-electron chi connectivity index (χ4n) is 5.65. The molecule has 0 aromatic heterocycles. The van der Waals surface area contributed by atoms with Crippen LogP contribution in [0.2, 0.25) is 0 Å². The highest BCUT2D eigenvalue weighted by Gasteiger charge is 2.62. The maximum atomic E-state index is 13.6. The fraction of sp³-hybridized carbons (Fsp3) is 0.708. The van der Waals surface area contributed by atoms with Crippen LogP contribution in [0, 0.1) is 5.41 Å². The summed E-state index contributed by atoms with van der Waals surface area (Å²) in [4.78, 5) is 15.1. The number of ether oxygens (including phenoxy) is 1. The molecule has 1 unspecified atom stereocenters. The molecular weight excluding hydrogens is 520 g/mol. The Morgan fingerprint density at radius 1 is 1.14 bits per heavy atom. The third-order valence-corrected chi connectivity index (χ3v) is 10.4. The summed E-state index contributed by atoms with van der Waals surface area (Å²) in [5.74, 6) is -6.92. The van der Waals surface area contributed by atoms with E-state index in [4.69, 9.17) is 4.74 Å². The van der Waals surface area contributed by atoms with E-state index < -0.39 is 53.7 Å². The van der Waals surface area contributed by atoms with Crippen molar-refractivity contribution >= 4 is 34.4 Å². The molecule has 3 aliphatic carbocycles. The topological polar surface area (TPSA) is 70.1 Å². The van der Waals surface area contributed by atoms with Crippen molar-refractivity contribution in [2.24, 2.45) is 5.41 Å². The largest absolute Gasteiger partial charge is 0.491 e. The first-order valence-corrected chi connectivity index (χ1v) is 14.2. The third-order valence-electron chi connectivity index (χ3n) is 7.73. The van der Waals surface area contributed by atoms with Crippen molar-refractivity contribution in [1.29, 1.82) is 0 Å². The van der Waals surface area contributed by atoms with Crippen LogP contribution in [0.25, 0.3) is 0 Å². The van der Waals surface area contributed by atoms with Gasteiger partial charge in [-0.15, -0.1) is 11.8 Å². The van der Waals surface area contributed by atoms with Crippen molar-refractivity contribution in [3.05, 3.63) is 12.1 Å². The van der Waals surface area contributed by atoms with Crippen LogP contribution >= 0.6 is 11.8 Å². The second-order valence-corrected chi connectivity index (χ2v) is 13.5. The number of alkyl halides is 4. The summed E-state index contributed by atoms with van der Waals surface area (Å²) >= 11 is 1.23. The summed E-state index contributed by atoms with van der Waals surface area (Å²) in [6.45, 7) is 0.769. The molecule has 36 heavy (non-hydrogen) atoms. The second-order valence-electron chi connectivity index (χ2n) is 10.6. The quantitative estimate of drug-likeness (QED) is 0.473. The Morgan fingerprint density at radius 3 is 2.39 bits per heavy atom. The Balaban J connectivity index is 1.50. The smallest absolute Gasteiger partial charge is 0.313 e. The molecule has 0 amide bonds. The number of fused-ring (bicyclic) bond motifs is 1. The number of hydrogen-bond donors (Lipinski definition) is 1. The Labute approximate surface area is 214 Å². The number of benzene rings is 1. The maximum absolute atomic E-state index is 13.6. The van der Waals surface area contributed by atoms with Crippen LogP contribution < -0.4 is 9.64 Å². The third kappa shape index (κ3) is 4.97. The minimum Gasteiger partial charge on any atom is -0.491 e. The maximum Gasteiger partial charge on any atom is 0.313 e. The van der Waals surface area contributed by atoms with Gasteiger partial charge in [-0.05, 0) is 18.9 Å². The van der Waals surface area contributed by atoms with Gasteiger partial charge >= 0.3 is 5.97 Å². The first kappa shape index (κ1) is 26.1. The van der Waals surface area contributed by atoms with Crippen LogP contribution in [0.3, 0.4) is 0 Å². The standard InChI is InChI=1S/C24H30F4N2O4S2/c1-29-6-7-30(15-4-2-3-5-15)17-8-19(35-16-10-23(25,26)11-16)18(9-20(17)36(29)33)34-14-22(21(31)32)12-24(27,28)13-22/h8-9,15-16H,2-7,10-14H2,1H3,(H,31,32). The number of hydrogen-bond acceptors (Lipinski definition) is 5. The number of carboxylic acids is 1. The Hall–Kier alpha value is -1.53. The van der Waals surface area contributed by atoms with Gasteiger partial charge in [-0.3, -0.25) is 4.79 Å². The predicted molar refractivity (Wildman–Crippen MR) is 129 cm³/mol. The number of carboxylic acid groups (broad SMARTS) is 1. The molecule has 5 rings (SSSR count). The monoisotopic (exact) mass is 550 g/mol. The SMILES string of the molecule is CN1CCN(C2CCCC2)c2cc(SC3CC(F)(F)C3)c(OCC3(C(=O)O)CC(F)(F)C3)cc2S1=O. The molecule has 0 bridgehead atoms. The van der Waals surface area contributed by atoms with Gasteiger partial charge in [-0.2, -0.15) is 0 Å². The first-order valence-electron chi connectivity index (χ1n) is 12.2. The lowest BCUT2D eigenvalue weighted by atomic mass is 9.66. The number of carbonyl (C=O) groups is 1. The van der Waals surface area contributed by atoms with Gasteiger partial charge in [-0.1, -0.05) is 12.8 Å². The highest BCUT2D eigenvalue weighted by atomic mass is 32.2. The number of rotatable bonds is 7. The van der Waals surface area contributed by atoms with Crippen molar-refractivity contribution in [2.75, 3.05) is 31.6 Å². The summed E-state index contributed by atoms with van der Waals surface area (Å²) in [7, 11) is 0.240. The van der Waals surface area contributed by atoms with Crippen molar-refractivity contribution in [1.82, 2.24) is 4.31 Å². The van der Waals surface area contributed by atoms with E-state index in [0.29, 0.717) is 22.9 Å². The molecule has 200 valence electrons. The van der Waals surface area contributed by atoms with E-state index in [1.807, 2.05) is 6.07 Å². The second kappa shape index (κ2) is 9.34. The number of halogens is 4. The molecule has 3 saturated carbocycles. The van der Waals surface area contributed by atoms with E-state index in [9.17, 15) is 31.7 Å². The van der Waals surface area contributed by atoms with E-state index in [1.54, 1.807) is 17.4 Å². The number of likely N-dealkylation sites (N-methyl/N-ethyl adjacent to an activating group) is 1. The Bertz CT molecular complexity index is 1050. The zero-order chi connectivity index (χ0) is 25.9. The molecule has 0 spiro atoms. The van der Waals surface area contributed by atoms with Gasteiger partial charge in [-0.25, -0.2) is 26.1 Å². The minimum atomic E-state index is -3.06. The van der Waals surface area contributed by atoms with Crippen LogP contribution in [-0.2, 0) is 15.8 Å². The highest BCUT2D eigenvalue weighted by molar-refractivity contribution is 8.00. The van der Waals surface area contributed by atoms with Gasteiger partial charge in [0.25, 0.3) is 5.92 Å². The van der Waals surface area contributed by atoms with E-state index in [-0.39, 0.29) is 29.9 Å². The van der Waals surface area contributed by atoms with Crippen LogP contribution in [0.4, 0.5) is 23.2 Å². The minimum absolute atomic E-state index is 0.208. The fourth-order valence-corrected chi connectivity index (χ4v) is 8.23. The van der Waals surface area contributed by atoms with Crippen LogP contribution in [0.1, 0.15) is 51.4 Å². The summed E-state index contributed by atoms with van der Waals surface area (Å²) < 4.78 is 75.3. The molecule has 0 radical (unpaired) electrons. The first-order chi connectivity index (χ1) is 16.9. The van der Waals surface area contributed by atoms with Crippen LogP contribution in [-0.4, -0.2) is 69.5 Å². The molecule has 12 heteroatoms. The molecule has 1 aromatic carbocycles. The molecule has 1 aliphatic heterocycles. The number of thioether (sulfide) groups is 1. The normalized spacial score (nSPS) is 27.6. The average Bonchev–Trinajstić information content (AvgIpc) is 3.25. The summed E-state index contributed by atoms with van der Waals surface area (Å²) in [6, 6.07) is 3.71. The van der Waals surface area contributed by atoms with Gasteiger partial charge in [0.2, 0.25) is 5.92 Å². The van der Waals surface area contributed by atoms with Gasteiger partial charge in [0.05, 0.1) is 15.5 Å². The lowest BCUT2D eigenvalue weighted by Crippen LogP contribution is -2.54. The van der Waals surface area contributed by atoms with Crippen molar-refractivity contribution in [2.45, 2.75) is 84.3 Å². The predicted octanol–water partition coefficient (Wildman–Crippen LogP) is 5.17. The Kier molecular flexibility index (Phi) is 6.77. The molecule has 1 N–H and O–H groups in total. The average molecular weight is 551 g/mol. The van der Waals surface area contributed by atoms with E-state index in [0.717, 1.165) is 31.4 Å². The van der Waals surface area contributed by atoms with Crippen molar-refractivity contribution in [3.8, 4) is 5.75 Å². The molecular formula is C24H30F4N2O4S2. The molecule has 1 heterocycles. The molecule has 1 aromatic rings. The summed E-state index contributed by atoms with van der Waals surface area (Å²) in [5.41, 5.74) is -0.943. The molecule has 4 aliphatic rings. The zero-order valence-electron chi connectivity index (χ0n) is 20.0. The molecule has 0 saturated heterocycles. The summed E-state index contributed by atoms with van der Waals surface area (Å²) in [6.07, 6.45) is 2.06. The number of aliphatic carboxylic acids is 1. The van der Waals surface area contributed by atoms with Gasteiger partial charge in [0.15, 0.2) is 0 Å². The van der Waals surface area contributed by atoms with E-state index >= 15 is 0 Å².